The highest BCUT2D eigenvalue weighted by Gasteiger charge is 2.14. The maximum Gasteiger partial charge on any atom is 0.319 e. The van der Waals surface area contributed by atoms with Crippen LogP contribution in [-0.2, 0) is 6.42 Å². The summed E-state index contributed by atoms with van der Waals surface area (Å²) in [5.41, 5.74) is 2.56. The zero-order valence-electron chi connectivity index (χ0n) is 17.3. The molecular formula is C21H24ClN7O2. The molecule has 3 amide bonds. The SMILES string of the molecule is CCNC(=O)Nc1cc(Cl)cc(C(=O)Nc2ccc([C@H](CC)Cc3nn[nH]n3)cc2)c1. The molecule has 1 atom stereocenters. The minimum Gasteiger partial charge on any atom is -0.338 e. The number of carbonyl (C=O) groups is 2. The van der Waals surface area contributed by atoms with Gasteiger partial charge in [-0.2, -0.15) is 5.21 Å². The lowest BCUT2D eigenvalue weighted by Crippen LogP contribution is -2.28. The van der Waals surface area contributed by atoms with Crippen molar-refractivity contribution in [3.05, 3.63) is 64.4 Å². The number of tetrazole rings is 1. The van der Waals surface area contributed by atoms with E-state index in [9.17, 15) is 9.59 Å². The lowest BCUT2D eigenvalue weighted by molar-refractivity contribution is 0.102. The quantitative estimate of drug-likeness (QED) is 0.420. The average molecular weight is 442 g/mol. The van der Waals surface area contributed by atoms with E-state index in [1.54, 1.807) is 18.2 Å². The van der Waals surface area contributed by atoms with Gasteiger partial charge in [0.25, 0.3) is 5.91 Å². The molecule has 0 aliphatic heterocycles. The molecule has 1 aromatic heterocycles. The Morgan fingerprint density at radius 1 is 1.06 bits per heavy atom. The first kappa shape index (κ1) is 22.2. The van der Waals surface area contributed by atoms with Gasteiger partial charge in [0, 0.05) is 34.9 Å². The van der Waals surface area contributed by atoms with Crippen molar-refractivity contribution in [2.45, 2.75) is 32.6 Å². The number of rotatable bonds is 8. The molecule has 0 saturated carbocycles. The van der Waals surface area contributed by atoms with Crippen molar-refractivity contribution in [2.24, 2.45) is 0 Å². The number of carbonyl (C=O) groups excluding carboxylic acids is 2. The Balaban J connectivity index is 1.67. The number of anilines is 2. The van der Waals surface area contributed by atoms with Gasteiger partial charge in [0.1, 0.15) is 0 Å². The molecule has 31 heavy (non-hydrogen) atoms. The molecule has 4 N–H and O–H groups in total. The first-order chi connectivity index (χ1) is 15.0. The van der Waals surface area contributed by atoms with Gasteiger partial charge in [0.2, 0.25) is 0 Å². The first-order valence-electron chi connectivity index (χ1n) is 9.97. The third kappa shape index (κ3) is 6.26. The average Bonchev–Trinajstić information content (AvgIpc) is 3.25. The Labute approximate surface area is 185 Å². The lowest BCUT2D eigenvalue weighted by atomic mass is 9.93. The highest BCUT2D eigenvalue weighted by molar-refractivity contribution is 6.31. The van der Waals surface area contributed by atoms with Crippen LogP contribution in [-0.4, -0.2) is 39.1 Å². The van der Waals surface area contributed by atoms with Gasteiger partial charge in [-0.25, -0.2) is 4.79 Å². The van der Waals surface area contributed by atoms with Crippen molar-refractivity contribution >= 4 is 34.9 Å². The molecule has 3 aromatic rings. The molecule has 0 saturated heterocycles. The summed E-state index contributed by atoms with van der Waals surface area (Å²) in [7, 11) is 0. The van der Waals surface area contributed by atoms with Gasteiger partial charge >= 0.3 is 6.03 Å². The number of urea groups is 1. The number of hydrogen-bond acceptors (Lipinski definition) is 5. The second-order valence-electron chi connectivity index (χ2n) is 6.93. The van der Waals surface area contributed by atoms with Gasteiger partial charge in [-0.15, -0.1) is 10.2 Å². The van der Waals surface area contributed by atoms with E-state index >= 15 is 0 Å². The van der Waals surface area contributed by atoms with E-state index in [0.717, 1.165) is 12.0 Å². The molecule has 0 aliphatic rings. The number of H-pyrrole nitrogens is 1. The van der Waals surface area contributed by atoms with Crippen LogP contribution >= 0.6 is 11.6 Å². The molecule has 0 aliphatic carbocycles. The van der Waals surface area contributed by atoms with Crippen LogP contribution in [0.1, 0.15) is 47.9 Å². The van der Waals surface area contributed by atoms with E-state index in [1.807, 2.05) is 31.2 Å². The van der Waals surface area contributed by atoms with Crippen molar-refractivity contribution in [1.82, 2.24) is 25.9 Å². The number of hydrogen-bond donors (Lipinski definition) is 4. The van der Waals surface area contributed by atoms with Gasteiger partial charge in [0.05, 0.1) is 0 Å². The Bertz CT molecular complexity index is 1020. The second kappa shape index (κ2) is 10.5. The summed E-state index contributed by atoms with van der Waals surface area (Å²) in [6, 6.07) is 12.0. The van der Waals surface area contributed by atoms with Crippen LogP contribution < -0.4 is 16.0 Å². The van der Waals surface area contributed by atoms with Gasteiger partial charge in [-0.1, -0.05) is 35.9 Å². The van der Waals surface area contributed by atoms with Crippen LogP contribution in [0.4, 0.5) is 16.2 Å². The van der Waals surface area contributed by atoms with Crippen LogP contribution in [0.15, 0.2) is 42.5 Å². The maximum atomic E-state index is 12.7. The number of halogens is 1. The van der Waals surface area contributed by atoms with Gasteiger partial charge in [-0.3, -0.25) is 4.79 Å². The fraction of sp³-hybridized carbons (Fsp3) is 0.286. The molecule has 0 unspecified atom stereocenters. The van der Waals surface area contributed by atoms with Gasteiger partial charge in [0.15, 0.2) is 5.82 Å². The third-order valence-corrected chi connectivity index (χ3v) is 4.92. The predicted octanol–water partition coefficient (Wildman–Crippen LogP) is 3.98. The summed E-state index contributed by atoms with van der Waals surface area (Å²) in [5, 5.41) is 22.6. The number of amides is 3. The second-order valence-corrected chi connectivity index (χ2v) is 7.36. The van der Waals surface area contributed by atoms with Crippen LogP contribution in [0.5, 0.6) is 0 Å². The number of aromatic nitrogens is 4. The van der Waals surface area contributed by atoms with Crippen molar-refractivity contribution in [2.75, 3.05) is 17.2 Å². The van der Waals surface area contributed by atoms with Crippen LogP contribution in [0.25, 0.3) is 0 Å². The van der Waals surface area contributed by atoms with Crippen LogP contribution in [0.3, 0.4) is 0 Å². The number of nitrogens with zero attached hydrogens (tertiary/aromatic N) is 3. The predicted molar refractivity (Wildman–Crippen MR) is 119 cm³/mol. The van der Waals surface area contributed by atoms with E-state index in [2.05, 4.69) is 43.5 Å². The number of nitrogens with one attached hydrogen (secondary N) is 4. The zero-order valence-corrected chi connectivity index (χ0v) is 18.0. The largest absolute Gasteiger partial charge is 0.338 e. The molecule has 3 rings (SSSR count). The normalized spacial score (nSPS) is 11.6. The summed E-state index contributed by atoms with van der Waals surface area (Å²) in [6.07, 6.45) is 1.60. The molecule has 9 nitrogen and oxygen atoms in total. The van der Waals surface area contributed by atoms with Crippen molar-refractivity contribution in [3.63, 3.8) is 0 Å². The number of benzene rings is 2. The molecular weight excluding hydrogens is 418 g/mol. The Morgan fingerprint density at radius 2 is 1.84 bits per heavy atom. The molecule has 0 bridgehead atoms. The standard InChI is InChI=1S/C21H24ClN7O2/c1-3-13(11-19-26-28-29-27-19)14-5-7-17(8-6-14)24-20(30)15-9-16(22)12-18(10-15)25-21(31)23-4-2/h5-10,12-13H,3-4,11H2,1-2H3,(H,24,30)(H2,23,25,31)(H,26,27,28,29)/t13-/m1/s1. The van der Waals surface area contributed by atoms with Crippen LogP contribution in [0.2, 0.25) is 5.02 Å². The van der Waals surface area contributed by atoms with E-state index in [-0.39, 0.29) is 17.9 Å². The van der Waals surface area contributed by atoms with E-state index < -0.39 is 0 Å². The molecule has 162 valence electrons. The fourth-order valence-corrected chi connectivity index (χ4v) is 3.39. The fourth-order valence-electron chi connectivity index (χ4n) is 3.16. The molecule has 10 heteroatoms. The topological polar surface area (TPSA) is 125 Å². The number of aromatic amines is 1. The van der Waals surface area contributed by atoms with Crippen molar-refractivity contribution < 1.29 is 9.59 Å². The monoisotopic (exact) mass is 441 g/mol. The summed E-state index contributed by atoms with van der Waals surface area (Å²) in [4.78, 5) is 24.4. The zero-order chi connectivity index (χ0) is 22.2. The summed E-state index contributed by atoms with van der Waals surface area (Å²) >= 11 is 6.12. The first-order valence-corrected chi connectivity index (χ1v) is 10.3. The Kier molecular flexibility index (Phi) is 7.55. The maximum absolute atomic E-state index is 12.7. The summed E-state index contributed by atoms with van der Waals surface area (Å²) in [6.45, 7) is 4.41. The van der Waals surface area contributed by atoms with Crippen LogP contribution in [0, 0.1) is 0 Å². The smallest absolute Gasteiger partial charge is 0.319 e. The van der Waals surface area contributed by atoms with Crippen molar-refractivity contribution in [3.8, 4) is 0 Å². The van der Waals surface area contributed by atoms with E-state index in [0.29, 0.717) is 40.8 Å². The van der Waals surface area contributed by atoms with E-state index in [4.69, 9.17) is 11.6 Å². The molecule has 0 fully saturated rings. The molecule has 1 heterocycles. The molecule has 0 spiro atoms. The van der Waals surface area contributed by atoms with Crippen molar-refractivity contribution in [1.29, 1.82) is 0 Å². The molecule has 0 radical (unpaired) electrons. The van der Waals surface area contributed by atoms with Gasteiger partial charge < -0.3 is 16.0 Å². The summed E-state index contributed by atoms with van der Waals surface area (Å²) in [5.74, 6) is 0.591. The highest BCUT2D eigenvalue weighted by atomic mass is 35.5. The Morgan fingerprint density at radius 3 is 2.48 bits per heavy atom. The van der Waals surface area contributed by atoms with Gasteiger partial charge in [-0.05, 0) is 55.2 Å². The third-order valence-electron chi connectivity index (χ3n) is 4.71. The lowest BCUT2D eigenvalue weighted by Gasteiger charge is -2.14. The van der Waals surface area contributed by atoms with E-state index in [1.165, 1.54) is 0 Å². The summed E-state index contributed by atoms with van der Waals surface area (Å²) < 4.78 is 0. The Hall–Kier alpha value is -3.46. The highest BCUT2D eigenvalue weighted by Crippen LogP contribution is 2.25. The minimum atomic E-state index is -0.363. The minimum absolute atomic E-state index is 0.248. The molecule has 2 aromatic carbocycles.